The van der Waals surface area contributed by atoms with Crippen LogP contribution in [0, 0.1) is 11.4 Å². The number of hydrogen-bond donors (Lipinski definition) is 1. The molecule has 0 amide bonds. The van der Waals surface area contributed by atoms with Gasteiger partial charge < -0.3 is 19.7 Å². The largest absolute Gasteiger partial charge is 0.496 e. The molecule has 10 nitrogen and oxygen atoms in total. The predicted octanol–water partition coefficient (Wildman–Crippen LogP) is 5.93. The zero-order valence-corrected chi connectivity index (χ0v) is 27.0. The first-order chi connectivity index (χ1) is 21.3. The Hall–Kier alpha value is -3.78. The van der Waals surface area contributed by atoms with Gasteiger partial charge in [-0.15, -0.1) is 5.10 Å². The summed E-state index contributed by atoms with van der Waals surface area (Å²) in [5.74, 6) is 0.123. The van der Waals surface area contributed by atoms with Gasteiger partial charge in [0.05, 0.1) is 25.5 Å². The van der Waals surface area contributed by atoms with Gasteiger partial charge in [0.2, 0.25) is 17.8 Å². The number of hydrogen-bond acceptors (Lipinski definition) is 8. The van der Waals surface area contributed by atoms with E-state index in [-0.39, 0.29) is 25.0 Å². The predicted molar refractivity (Wildman–Crippen MR) is 171 cm³/mol. The third kappa shape index (κ3) is 6.76. The number of aromatic nitrogens is 6. The van der Waals surface area contributed by atoms with Crippen molar-refractivity contribution in [3.05, 3.63) is 48.7 Å². The number of methoxy groups -OCH3 is 1. The van der Waals surface area contributed by atoms with E-state index >= 15 is 4.39 Å². The molecular weight excluding hydrogens is 605 g/mol. The molecule has 1 spiro atoms. The Balaban J connectivity index is 1.11. The minimum Gasteiger partial charge on any atom is -0.496 e. The van der Waals surface area contributed by atoms with E-state index in [1.807, 2.05) is 18.2 Å². The molecule has 1 saturated heterocycles. The third-order valence-corrected chi connectivity index (χ3v) is 9.77. The van der Waals surface area contributed by atoms with Crippen molar-refractivity contribution in [3.63, 3.8) is 0 Å². The maximum atomic E-state index is 15.3. The van der Waals surface area contributed by atoms with Gasteiger partial charge >= 0.3 is 0 Å². The lowest BCUT2D eigenvalue weighted by Gasteiger charge is -2.44. The fraction of sp³-hybridized carbons (Fsp3) is 0.484. The highest BCUT2D eigenvalue weighted by Crippen LogP contribution is 2.56. The monoisotopic (exact) mass is 644 g/mol. The van der Waals surface area contributed by atoms with E-state index in [4.69, 9.17) is 9.47 Å². The quantitative estimate of drug-likeness (QED) is 0.201. The molecule has 242 valence electrons. The summed E-state index contributed by atoms with van der Waals surface area (Å²) in [6, 6.07) is 9.12. The number of nitrogens with zero attached hydrogens (tertiary/aromatic N) is 7. The van der Waals surface area contributed by atoms with Gasteiger partial charge in [-0.3, -0.25) is 0 Å². The molecule has 3 aromatic heterocycles. The Morgan fingerprint density at radius 3 is 2.56 bits per heavy atom. The van der Waals surface area contributed by atoms with Gasteiger partial charge in [0, 0.05) is 73.2 Å². The fourth-order valence-corrected chi connectivity index (χ4v) is 6.63. The average Bonchev–Trinajstić information content (AvgIpc) is 3.67. The van der Waals surface area contributed by atoms with Crippen molar-refractivity contribution >= 4 is 27.5 Å². The van der Waals surface area contributed by atoms with Gasteiger partial charge in [0.15, 0.2) is 5.82 Å². The molecule has 1 saturated carbocycles. The number of ether oxygens (including phenoxy) is 2. The van der Waals surface area contributed by atoms with E-state index in [1.54, 1.807) is 30.1 Å². The molecule has 1 aliphatic heterocycles. The summed E-state index contributed by atoms with van der Waals surface area (Å²) in [5.41, 5.74) is 2.00. The van der Waals surface area contributed by atoms with Crippen molar-refractivity contribution in [2.75, 3.05) is 61.5 Å². The maximum absolute atomic E-state index is 15.3. The standard InChI is InChI=1S/C31H39F3N8O2S/c1-40-29(38-28(39-40)21-6-9-26(35-15-21)41-11-10-30(19-41)17-31(33,34)18-30)37-22-7-8-23(25(14-22)43-2)24-16-36-42(27(24)32)20-44-12-13-45(3,4)5/h6-9,14-16H,10-13,17-20H2,1-5H3,(H,37,38,39). The molecule has 0 radical (unpaired) electrons. The van der Waals surface area contributed by atoms with Crippen LogP contribution in [-0.4, -0.2) is 86.8 Å². The van der Waals surface area contributed by atoms with Crippen molar-refractivity contribution in [2.24, 2.45) is 12.5 Å². The number of benzene rings is 1. The zero-order chi connectivity index (χ0) is 32.0. The molecular formula is C31H39F3N8O2S. The van der Waals surface area contributed by atoms with Crippen LogP contribution in [0.1, 0.15) is 19.3 Å². The number of anilines is 3. The Kier molecular flexibility index (Phi) is 8.23. The molecule has 6 rings (SSSR count). The topological polar surface area (TPSA) is 95.1 Å². The second-order valence-corrected chi connectivity index (χ2v) is 17.5. The third-order valence-electron chi connectivity index (χ3n) is 8.38. The van der Waals surface area contributed by atoms with Crippen LogP contribution in [0.5, 0.6) is 5.75 Å². The van der Waals surface area contributed by atoms with Crippen LogP contribution in [0.2, 0.25) is 0 Å². The molecule has 2 aliphatic rings. The highest BCUT2D eigenvalue weighted by molar-refractivity contribution is 8.32. The van der Waals surface area contributed by atoms with Crippen LogP contribution in [0.4, 0.5) is 30.6 Å². The fourth-order valence-electron chi connectivity index (χ4n) is 6.01. The molecule has 0 atom stereocenters. The van der Waals surface area contributed by atoms with Crippen LogP contribution in [0.3, 0.4) is 0 Å². The lowest BCUT2D eigenvalue weighted by atomic mass is 9.65. The van der Waals surface area contributed by atoms with E-state index in [2.05, 4.69) is 49.1 Å². The Morgan fingerprint density at radius 1 is 1.07 bits per heavy atom. The highest BCUT2D eigenvalue weighted by Gasteiger charge is 2.58. The molecule has 1 aromatic carbocycles. The highest BCUT2D eigenvalue weighted by atomic mass is 32.3. The summed E-state index contributed by atoms with van der Waals surface area (Å²) >= 11 is 0. The van der Waals surface area contributed by atoms with Crippen molar-refractivity contribution in [1.29, 1.82) is 0 Å². The molecule has 45 heavy (non-hydrogen) atoms. The summed E-state index contributed by atoms with van der Waals surface area (Å²) in [7, 11) is 2.62. The van der Waals surface area contributed by atoms with Gasteiger partial charge in [-0.25, -0.2) is 33.2 Å². The average molecular weight is 645 g/mol. The number of aryl methyl sites for hydroxylation is 1. The minimum atomic E-state index is -2.53. The van der Waals surface area contributed by atoms with Crippen molar-refractivity contribution in [3.8, 4) is 28.3 Å². The molecule has 1 N–H and O–H groups in total. The van der Waals surface area contributed by atoms with E-state index in [0.717, 1.165) is 30.1 Å². The molecule has 4 aromatic rings. The van der Waals surface area contributed by atoms with E-state index in [0.29, 0.717) is 47.5 Å². The van der Waals surface area contributed by atoms with Crippen LogP contribution < -0.4 is 15.0 Å². The second kappa shape index (κ2) is 11.9. The maximum Gasteiger partial charge on any atom is 0.249 e. The molecule has 14 heteroatoms. The minimum absolute atomic E-state index is 0.0353. The van der Waals surface area contributed by atoms with Crippen molar-refractivity contribution in [1.82, 2.24) is 29.5 Å². The van der Waals surface area contributed by atoms with Gasteiger partial charge in [0.1, 0.15) is 18.3 Å². The normalized spacial score (nSPS) is 17.5. The van der Waals surface area contributed by atoms with Crippen molar-refractivity contribution < 1.29 is 22.6 Å². The Bertz CT molecular complexity index is 1660. The lowest BCUT2D eigenvalue weighted by molar-refractivity contribution is -0.152. The Labute approximate surface area is 262 Å². The van der Waals surface area contributed by atoms with Gasteiger partial charge in [0.25, 0.3) is 0 Å². The summed E-state index contributed by atoms with van der Waals surface area (Å²) in [6.07, 6.45) is 10.5. The Morgan fingerprint density at radius 2 is 1.87 bits per heavy atom. The summed E-state index contributed by atoms with van der Waals surface area (Å²) in [6.45, 7) is 1.92. The van der Waals surface area contributed by atoms with Crippen molar-refractivity contribution in [2.45, 2.75) is 31.9 Å². The molecule has 1 aliphatic carbocycles. The summed E-state index contributed by atoms with van der Waals surface area (Å²) in [4.78, 5) is 11.3. The van der Waals surface area contributed by atoms with Gasteiger partial charge in [-0.05, 0) is 49.5 Å². The van der Waals surface area contributed by atoms with Gasteiger partial charge in [-0.2, -0.15) is 14.5 Å². The lowest BCUT2D eigenvalue weighted by Crippen LogP contribution is -2.47. The summed E-state index contributed by atoms with van der Waals surface area (Å²) in [5, 5.41) is 12.0. The number of alkyl halides is 2. The molecule has 2 fully saturated rings. The molecule has 4 heterocycles. The zero-order valence-electron chi connectivity index (χ0n) is 26.2. The van der Waals surface area contributed by atoms with E-state index in [1.165, 1.54) is 18.0 Å². The summed E-state index contributed by atoms with van der Waals surface area (Å²) < 4.78 is 56.4. The SMILES string of the molecule is COc1cc(Nc2nc(-c3ccc(N4CCC5(C4)CC(F)(F)C5)nc3)nn2C)ccc1-c1cnn(COCCS(C)(C)C)c1F. The second-order valence-electron chi connectivity index (χ2n) is 12.9. The van der Waals surface area contributed by atoms with E-state index in [9.17, 15) is 8.78 Å². The van der Waals surface area contributed by atoms with Crippen LogP contribution >= 0.6 is 10.0 Å². The first kappa shape index (κ1) is 31.2. The first-order valence-electron chi connectivity index (χ1n) is 14.7. The number of rotatable bonds is 11. The van der Waals surface area contributed by atoms with E-state index < -0.39 is 21.9 Å². The smallest absolute Gasteiger partial charge is 0.249 e. The van der Waals surface area contributed by atoms with Crippen LogP contribution in [0.15, 0.2) is 42.7 Å². The number of halogens is 3. The van der Waals surface area contributed by atoms with Crippen LogP contribution in [0.25, 0.3) is 22.5 Å². The first-order valence-corrected chi connectivity index (χ1v) is 17.8. The number of pyridine rings is 1. The van der Waals surface area contributed by atoms with Gasteiger partial charge in [-0.1, -0.05) is 0 Å². The number of nitrogens with one attached hydrogen (secondary N) is 1. The molecule has 0 unspecified atom stereocenters. The molecule has 0 bridgehead atoms. The van der Waals surface area contributed by atoms with Crippen LogP contribution in [-0.2, 0) is 18.5 Å².